The Morgan fingerprint density at radius 1 is 0.964 bits per heavy atom. The van der Waals surface area contributed by atoms with Crippen molar-refractivity contribution in [1.29, 1.82) is 0 Å². The molecule has 6 heteroatoms. The minimum Gasteiger partial charge on any atom is -0.338 e. The second-order valence-corrected chi connectivity index (χ2v) is 6.97. The van der Waals surface area contributed by atoms with Crippen LogP contribution < -0.4 is 0 Å². The van der Waals surface area contributed by atoms with Crippen molar-refractivity contribution in [3.8, 4) is 0 Å². The molecule has 0 aromatic heterocycles. The van der Waals surface area contributed by atoms with Gasteiger partial charge in [0.1, 0.15) is 5.82 Å². The topological polar surface area (TPSA) is 43.9 Å². The molecule has 0 aliphatic carbocycles. The van der Waals surface area contributed by atoms with E-state index in [4.69, 9.17) is 0 Å². The third-order valence-corrected chi connectivity index (χ3v) is 5.06. The van der Waals surface area contributed by atoms with Crippen LogP contribution in [-0.2, 0) is 11.3 Å². The Hall–Kier alpha value is -2.73. The van der Waals surface area contributed by atoms with Gasteiger partial charge >= 0.3 is 0 Å². The van der Waals surface area contributed by atoms with E-state index in [9.17, 15) is 14.0 Å². The molecule has 1 heterocycles. The Bertz CT molecular complexity index is 787. The van der Waals surface area contributed by atoms with E-state index in [1.54, 1.807) is 4.90 Å². The summed E-state index contributed by atoms with van der Waals surface area (Å²) in [5.74, 6) is -0.342. The SMILES string of the molecule is CCN(Cc1ccccc1)C(=O)CN1CCN(C(=O)c2ccc(F)cc2)CC1. The molecule has 2 aromatic carbocycles. The number of hydrogen-bond acceptors (Lipinski definition) is 3. The predicted molar refractivity (Wildman–Crippen MR) is 106 cm³/mol. The van der Waals surface area contributed by atoms with Crippen LogP contribution >= 0.6 is 0 Å². The average molecular weight is 383 g/mol. The van der Waals surface area contributed by atoms with Crippen molar-refractivity contribution in [2.24, 2.45) is 0 Å². The second-order valence-electron chi connectivity index (χ2n) is 6.97. The number of carbonyl (C=O) groups excluding carboxylic acids is 2. The minimum atomic E-state index is -0.351. The molecule has 2 aromatic rings. The highest BCUT2D eigenvalue weighted by Crippen LogP contribution is 2.11. The number of amides is 2. The molecule has 1 aliphatic heterocycles. The summed E-state index contributed by atoms with van der Waals surface area (Å²) in [5.41, 5.74) is 1.61. The summed E-state index contributed by atoms with van der Waals surface area (Å²) in [6.45, 7) is 6.06. The first kappa shape index (κ1) is 20.0. The van der Waals surface area contributed by atoms with Gasteiger partial charge in [-0.25, -0.2) is 4.39 Å². The lowest BCUT2D eigenvalue weighted by atomic mass is 10.1. The van der Waals surface area contributed by atoms with Crippen molar-refractivity contribution < 1.29 is 14.0 Å². The van der Waals surface area contributed by atoms with Gasteiger partial charge in [-0.05, 0) is 36.8 Å². The third kappa shape index (κ3) is 5.16. The molecule has 28 heavy (non-hydrogen) atoms. The lowest BCUT2D eigenvalue weighted by molar-refractivity contribution is -0.133. The number of rotatable bonds is 6. The Balaban J connectivity index is 1.49. The van der Waals surface area contributed by atoms with Crippen molar-refractivity contribution >= 4 is 11.8 Å². The molecular formula is C22H26FN3O2. The second kappa shape index (κ2) is 9.46. The van der Waals surface area contributed by atoms with Gasteiger partial charge < -0.3 is 9.80 Å². The fourth-order valence-electron chi connectivity index (χ4n) is 3.36. The van der Waals surface area contributed by atoms with E-state index in [0.717, 1.165) is 5.56 Å². The number of hydrogen-bond donors (Lipinski definition) is 0. The molecule has 0 radical (unpaired) electrons. The number of piperazine rings is 1. The van der Waals surface area contributed by atoms with E-state index in [1.807, 2.05) is 42.2 Å². The first-order valence-corrected chi connectivity index (χ1v) is 9.65. The summed E-state index contributed by atoms with van der Waals surface area (Å²) in [6, 6.07) is 15.6. The van der Waals surface area contributed by atoms with E-state index < -0.39 is 0 Å². The first-order valence-electron chi connectivity index (χ1n) is 9.65. The Kier molecular flexibility index (Phi) is 6.76. The molecule has 0 N–H and O–H groups in total. The van der Waals surface area contributed by atoms with Crippen molar-refractivity contribution in [1.82, 2.24) is 14.7 Å². The van der Waals surface area contributed by atoms with E-state index in [0.29, 0.717) is 51.4 Å². The van der Waals surface area contributed by atoms with Crippen LogP contribution in [-0.4, -0.2) is 65.8 Å². The van der Waals surface area contributed by atoms with E-state index in [-0.39, 0.29) is 17.6 Å². The summed E-state index contributed by atoms with van der Waals surface area (Å²) >= 11 is 0. The van der Waals surface area contributed by atoms with E-state index >= 15 is 0 Å². The van der Waals surface area contributed by atoms with Crippen LogP contribution in [0.2, 0.25) is 0 Å². The Morgan fingerprint density at radius 2 is 1.61 bits per heavy atom. The van der Waals surface area contributed by atoms with Crippen LogP contribution in [0.1, 0.15) is 22.8 Å². The molecule has 1 saturated heterocycles. The van der Waals surface area contributed by atoms with Crippen LogP contribution in [0.3, 0.4) is 0 Å². The molecular weight excluding hydrogens is 357 g/mol. The van der Waals surface area contributed by atoms with Crippen molar-refractivity contribution in [3.05, 3.63) is 71.5 Å². The zero-order valence-corrected chi connectivity index (χ0v) is 16.2. The molecule has 3 rings (SSSR count). The lowest BCUT2D eigenvalue weighted by Crippen LogP contribution is -2.51. The summed E-state index contributed by atoms with van der Waals surface area (Å²) in [5, 5.41) is 0. The van der Waals surface area contributed by atoms with Gasteiger partial charge in [-0.2, -0.15) is 0 Å². The molecule has 148 valence electrons. The Morgan fingerprint density at radius 3 is 2.21 bits per heavy atom. The summed E-state index contributed by atoms with van der Waals surface area (Å²) in [7, 11) is 0. The number of benzene rings is 2. The zero-order valence-electron chi connectivity index (χ0n) is 16.2. The fourth-order valence-corrected chi connectivity index (χ4v) is 3.36. The minimum absolute atomic E-state index is 0.0924. The highest BCUT2D eigenvalue weighted by Gasteiger charge is 2.24. The third-order valence-electron chi connectivity index (χ3n) is 5.06. The molecule has 0 atom stereocenters. The van der Waals surface area contributed by atoms with Gasteiger partial charge in [0.25, 0.3) is 5.91 Å². The normalized spacial score (nSPS) is 14.7. The number of halogens is 1. The van der Waals surface area contributed by atoms with Gasteiger partial charge in [0, 0.05) is 44.8 Å². The largest absolute Gasteiger partial charge is 0.338 e. The molecule has 1 fully saturated rings. The fraction of sp³-hybridized carbons (Fsp3) is 0.364. The van der Waals surface area contributed by atoms with Crippen molar-refractivity contribution in [2.75, 3.05) is 39.3 Å². The van der Waals surface area contributed by atoms with Crippen LogP contribution in [0.4, 0.5) is 4.39 Å². The predicted octanol–water partition coefficient (Wildman–Crippen LogP) is 2.63. The summed E-state index contributed by atoms with van der Waals surface area (Å²) in [4.78, 5) is 30.9. The molecule has 2 amide bonds. The molecule has 0 unspecified atom stereocenters. The van der Waals surface area contributed by atoms with Gasteiger partial charge in [0.05, 0.1) is 6.54 Å². The van der Waals surface area contributed by atoms with Crippen molar-refractivity contribution in [3.63, 3.8) is 0 Å². The molecule has 5 nitrogen and oxygen atoms in total. The number of carbonyl (C=O) groups is 2. The lowest BCUT2D eigenvalue weighted by Gasteiger charge is -2.35. The van der Waals surface area contributed by atoms with Crippen LogP contribution in [0.5, 0.6) is 0 Å². The van der Waals surface area contributed by atoms with Gasteiger partial charge in [-0.15, -0.1) is 0 Å². The van der Waals surface area contributed by atoms with Crippen molar-refractivity contribution in [2.45, 2.75) is 13.5 Å². The number of likely N-dealkylation sites (N-methyl/N-ethyl adjacent to an activating group) is 1. The summed E-state index contributed by atoms with van der Waals surface area (Å²) in [6.07, 6.45) is 0. The van der Waals surface area contributed by atoms with Gasteiger partial charge in [0.15, 0.2) is 0 Å². The van der Waals surface area contributed by atoms with Crippen LogP contribution in [0, 0.1) is 5.82 Å². The number of nitrogens with zero attached hydrogens (tertiary/aromatic N) is 3. The highest BCUT2D eigenvalue weighted by molar-refractivity contribution is 5.94. The van der Waals surface area contributed by atoms with Gasteiger partial charge in [-0.1, -0.05) is 30.3 Å². The molecule has 1 aliphatic rings. The molecule has 0 spiro atoms. The Labute approximate surface area is 165 Å². The summed E-state index contributed by atoms with van der Waals surface area (Å²) < 4.78 is 13.0. The standard InChI is InChI=1S/C22H26FN3O2/c1-2-25(16-18-6-4-3-5-7-18)21(27)17-24-12-14-26(15-13-24)22(28)19-8-10-20(23)11-9-19/h3-11H,2,12-17H2,1H3. The molecule has 0 bridgehead atoms. The first-order chi connectivity index (χ1) is 13.6. The van der Waals surface area contributed by atoms with Gasteiger partial charge in [-0.3, -0.25) is 14.5 Å². The van der Waals surface area contributed by atoms with Crippen LogP contribution in [0.25, 0.3) is 0 Å². The smallest absolute Gasteiger partial charge is 0.253 e. The maximum absolute atomic E-state index is 13.0. The maximum Gasteiger partial charge on any atom is 0.253 e. The van der Waals surface area contributed by atoms with E-state index in [1.165, 1.54) is 24.3 Å². The average Bonchev–Trinajstić information content (AvgIpc) is 2.73. The molecule has 0 saturated carbocycles. The zero-order chi connectivity index (χ0) is 19.9. The quantitative estimate of drug-likeness (QED) is 0.770. The monoisotopic (exact) mass is 383 g/mol. The van der Waals surface area contributed by atoms with E-state index in [2.05, 4.69) is 4.90 Å². The highest BCUT2D eigenvalue weighted by atomic mass is 19.1. The van der Waals surface area contributed by atoms with Gasteiger partial charge in [0.2, 0.25) is 5.91 Å². The van der Waals surface area contributed by atoms with Crippen LogP contribution in [0.15, 0.2) is 54.6 Å². The maximum atomic E-state index is 13.0.